The average molecular weight is 352 g/mol. The third-order valence-corrected chi connectivity index (χ3v) is 5.73. The Hall–Kier alpha value is -1.38. The monoisotopic (exact) mass is 352 g/mol. The molecule has 1 aliphatic rings. The number of carboxylic acid groups (broad SMARTS) is 1. The minimum atomic E-state index is -1.03. The highest BCUT2D eigenvalue weighted by Crippen LogP contribution is 2.40. The lowest BCUT2D eigenvalue weighted by molar-refractivity contribution is -0.305. The molecule has 0 bridgehead atoms. The molecular formula is C15H18N3O3S2-. The highest BCUT2D eigenvalue weighted by Gasteiger charge is 2.30. The molecule has 0 spiro atoms. The van der Waals surface area contributed by atoms with Gasteiger partial charge in [-0.2, -0.15) is 0 Å². The van der Waals surface area contributed by atoms with Gasteiger partial charge in [-0.05, 0) is 32.3 Å². The maximum absolute atomic E-state index is 10.4. The topological polar surface area (TPSA) is 101 Å². The van der Waals surface area contributed by atoms with E-state index in [0.29, 0.717) is 29.8 Å². The summed E-state index contributed by atoms with van der Waals surface area (Å²) < 4.78 is 5.85. The Balaban J connectivity index is 1.84. The number of carbonyl (C=O) groups is 1. The normalized spacial score (nSPS) is 16.4. The Kier molecular flexibility index (Phi) is 4.48. The molecule has 0 unspecified atom stereocenters. The van der Waals surface area contributed by atoms with Crippen molar-refractivity contribution >= 4 is 45.1 Å². The number of hydrogen-bond acceptors (Lipinski definition) is 8. The first-order valence-electron chi connectivity index (χ1n) is 7.40. The van der Waals surface area contributed by atoms with Crippen molar-refractivity contribution in [3.63, 3.8) is 0 Å². The molecule has 2 aromatic heterocycles. The summed E-state index contributed by atoms with van der Waals surface area (Å²) in [6, 6.07) is 0. The number of hydrogen-bond donors (Lipinski definition) is 1. The number of rotatable bonds is 5. The third kappa shape index (κ3) is 3.59. The van der Waals surface area contributed by atoms with E-state index in [-0.39, 0.29) is 12.0 Å². The molecular weight excluding hydrogens is 334 g/mol. The van der Waals surface area contributed by atoms with Gasteiger partial charge in [-0.25, -0.2) is 9.97 Å². The summed E-state index contributed by atoms with van der Waals surface area (Å²) in [4.78, 5) is 21.4. The number of aliphatic carboxylic acids is 1. The lowest BCUT2D eigenvalue weighted by Gasteiger charge is -2.30. The summed E-state index contributed by atoms with van der Waals surface area (Å²) in [5.74, 6) is 0.0859. The molecule has 0 amide bonds. The number of thioether (sulfide) groups is 1. The van der Waals surface area contributed by atoms with Crippen LogP contribution in [0, 0.1) is 0 Å². The summed E-state index contributed by atoms with van der Waals surface area (Å²) in [6.45, 7) is 4.72. The molecule has 3 heterocycles. The van der Waals surface area contributed by atoms with Crippen LogP contribution in [0.15, 0.2) is 5.16 Å². The molecule has 2 aromatic rings. The molecule has 0 fully saturated rings. The van der Waals surface area contributed by atoms with Crippen molar-refractivity contribution < 1.29 is 14.6 Å². The number of nitrogen functional groups attached to an aromatic ring is 1. The maximum Gasteiger partial charge on any atom is 0.190 e. The van der Waals surface area contributed by atoms with Crippen LogP contribution in [0.3, 0.4) is 0 Å². The number of carbonyl (C=O) groups excluding carboxylic acids is 1. The van der Waals surface area contributed by atoms with Gasteiger partial charge in [0.25, 0.3) is 0 Å². The Bertz CT molecular complexity index is 758. The molecule has 3 rings (SSSR count). The van der Waals surface area contributed by atoms with Gasteiger partial charge in [-0.3, -0.25) is 0 Å². The van der Waals surface area contributed by atoms with Crippen LogP contribution in [-0.4, -0.2) is 27.3 Å². The molecule has 6 nitrogen and oxygen atoms in total. The first kappa shape index (κ1) is 16.5. The molecule has 23 heavy (non-hydrogen) atoms. The van der Waals surface area contributed by atoms with Crippen LogP contribution in [0.25, 0.3) is 10.2 Å². The van der Waals surface area contributed by atoms with Crippen LogP contribution in [0.2, 0.25) is 0 Å². The molecule has 2 N–H and O–H groups in total. The van der Waals surface area contributed by atoms with Gasteiger partial charge in [0.15, 0.2) is 5.16 Å². The molecule has 1 aliphatic heterocycles. The minimum Gasteiger partial charge on any atom is -0.550 e. The van der Waals surface area contributed by atoms with Crippen molar-refractivity contribution in [3.05, 3.63) is 10.4 Å². The van der Waals surface area contributed by atoms with Crippen LogP contribution < -0.4 is 10.8 Å². The van der Waals surface area contributed by atoms with Gasteiger partial charge in [0.2, 0.25) is 0 Å². The summed E-state index contributed by atoms with van der Waals surface area (Å²) in [5.41, 5.74) is 7.16. The van der Waals surface area contributed by atoms with Crippen molar-refractivity contribution in [1.29, 1.82) is 0 Å². The fourth-order valence-corrected chi connectivity index (χ4v) is 4.56. The quantitative estimate of drug-likeness (QED) is 0.497. The number of thiophene rings is 1. The van der Waals surface area contributed by atoms with Gasteiger partial charge in [0.05, 0.1) is 17.6 Å². The minimum absolute atomic E-state index is 0.0461. The molecule has 0 radical (unpaired) electrons. The van der Waals surface area contributed by atoms with Crippen LogP contribution >= 0.6 is 23.1 Å². The Morgan fingerprint density at radius 3 is 3.00 bits per heavy atom. The molecule has 0 atom stereocenters. The number of fused-ring (bicyclic) bond motifs is 3. The fourth-order valence-electron chi connectivity index (χ4n) is 2.60. The number of carboxylic acids is 1. The molecule has 0 saturated heterocycles. The predicted molar refractivity (Wildman–Crippen MR) is 89.4 cm³/mol. The lowest BCUT2D eigenvalue weighted by atomic mass is 9.94. The smallest absolute Gasteiger partial charge is 0.190 e. The Morgan fingerprint density at radius 1 is 1.48 bits per heavy atom. The first-order valence-corrected chi connectivity index (χ1v) is 9.20. The summed E-state index contributed by atoms with van der Waals surface area (Å²) >= 11 is 3.02. The molecule has 8 heteroatoms. The van der Waals surface area contributed by atoms with Crippen LogP contribution in [0.1, 0.15) is 37.1 Å². The zero-order chi connectivity index (χ0) is 16.6. The highest BCUT2D eigenvalue weighted by molar-refractivity contribution is 7.99. The van der Waals surface area contributed by atoms with Crippen LogP contribution in [0.5, 0.6) is 0 Å². The van der Waals surface area contributed by atoms with Gasteiger partial charge >= 0.3 is 0 Å². The second-order valence-electron chi connectivity index (χ2n) is 6.12. The molecule has 124 valence electrons. The van der Waals surface area contributed by atoms with E-state index < -0.39 is 5.97 Å². The zero-order valence-electron chi connectivity index (χ0n) is 13.0. The second-order valence-corrected chi connectivity index (χ2v) is 8.27. The van der Waals surface area contributed by atoms with Crippen molar-refractivity contribution in [2.24, 2.45) is 0 Å². The van der Waals surface area contributed by atoms with E-state index >= 15 is 0 Å². The van der Waals surface area contributed by atoms with Gasteiger partial charge in [-0.15, -0.1) is 11.3 Å². The summed E-state index contributed by atoms with van der Waals surface area (Å²) in [5, 5.41) is 12.0. The maximum atomic E-state index is 10.4. The van der Waals surface area contributed by atoms with Crippen molar-refractivity contribution in [2.75, 3.05) is 11.5 Å². The Labute approximate surface area is 142 Å². The van der Waals surface area contributed by atoms with E-state index in [4.69, 9.17) is 10.5 Å². The van der Waals surface area contributed by atoms with Crippen molar-refractivity contribution in [2.45, 2.75) is 50.5 Å². The average Bonchev–Trinajstić information content (AvgIpc) is 2.80. The van der Waals surface area contributed by atoms with Crippen LogP contribution in [-0.2, 0) is 22.6 Å². The van der Waals surface area contributed by atoms with Crippen molar-refractivity contribution in [1.82, 2.24) is 9.97 Å². The highest BCUT2D eigenvalue weighted by atomic mass is 32.2. The van der Waals surface area contributed by atoms with Crippen molar-refractivity contribution in [3.8, 4) is 0 Å². The van der Waals surface area contributed by atoms with E-state index in [1.54, 1.807) is 11.3 Å². The van der Waals surface area contributed by atoms with Gasteiger partial charge < -0.3 is 20.4 Å². The van der Waals surface area contributed by atoms with Gasteiger partial charge in [0, 0.05) is 23.0 Å². The Morgan fingerprint density at radius 2 is 2.26 bits per heavy atom. The summed E-state index contributed by atoms with van der Waals surface area (Å²) in [6.07, 6.45) is 1.37. The number of anilines is 1. The van der Waals surface area contributed by atoms with E-state index in [2.05, 4.69) is 23.8 Å². The summed E-state index contributed by atoms with van der Waals surface area (Å²) in [7, 11) is 0. The largest absolute Gasteiger partial charge is 0.550 e. The van der Waals surface area contributed by atoms with E-state index in [9.17, 15) is 9.90 Å². The van der Waals surface area contributed by atoms with Gasteiger partial charge in [-0.1, -0.05) is 11.8 Å². The van der Waals surface area contributed by atoms with Crippen LogP contribution in [0.4, 0.5) is 5.82 Å². The van der Waals surface area contributed by atoms with E-state index in [1.165, 1.54) is 22.2 Å². The number of nitrogens with zero attached hydrogens (tertiary/aromatic N) is 2. The second kappa shape index (κ2) is 6.26. The molecule has 0 saturated carbocycles. The zero-order valence-corrected chi connectivity index (χ0v) is 14.7. The van der Waals surface area contributed by atoms with E-state index in [1.807, 2.05) is 0 Å². The fraction of sp³-hybridized carbons (Fsp3) is 0.533. The molecule has 0 aromatic carbocycles. The lowest BCUT2D eigenvalue weighted by Crippen LogP contribution is -2.31. The SMILES string of the molecule is CC1(C)Cc2c(sc3nc(SCCCC(=O)[O-])nc(N)c23)CO1. The standard InChI is InChI=1S/C15H19N3O3S2/c1-15(2)6-8-9(7-21-15)23-13-11(8)12(16)17-14(18-13)22-5-3-4-10(19)20/h3-7H2,1-2H3,(H,19,20)(H2,16,17,18)/p-1. The number of aromatic nitrogens is 2. The molecule has 0 aliphatic carbocycles. The predicted octanol–water partition coefficient (Wildman–Crippen LogP) is 1.75. The van der Waals surface area contributed by atoms with E-state index in [0.717, 1.165) is 16.6 Å². The number of nitrogens with two attached hydrogens (primary N) is 1. The third-order valence-electron chi connectivity index (χ3n) is 3.69. The number of ether oxygens (including phenoxy) is 1. The first-order chi connectivity index (χ1) is 10.9. The van der Waals surface area contributed by atoms with Gasteiger partial charge in [0.1, 0.15) is 10.6 Å².